The van der Waals surface area contributed by atoms with Gasteiger partial charge < -0.3 is 14.8 Å². The number of esters is 1. The summed E-state index contributed by atoms with van der Waals surface area (Å²) in [6.45, 7) is -0.532. The highest BCUT2D eigenvalue weighted by molar-refractivity contribution is 9.10. The Bertz CT molecular complexity index is 1280. The molecule has 7 nitrogen and oxygen atoms in total. The second-order valence-corrected chi connectivity index (χ2v) is 7.79. The summed E-state index contributed by atoms with van der Waals surface area (Å²) in [4.78, 5) is 50.1. The highest BCUT2D eigenvalue weighted by Crippen LogP contribution is 2.29. The molecule has 0 saturated heterocycles. The quantitative estimate of drug-likeness (QED) is 0.421. The maximum absolute atomic E-state index is 12.8. The van der Waals surface area contributed by atoms with Crippen molar-refractivity contribution in [3.8, 4) is 5.75 Å². The molecule has 0 heterocycles. The predicted octanol–water partition coefficient (Wildman–Crippen LogP) is 4.03. The van der Waals surface area contributed by atoms with Crippen LogP contribution in [-0.4, -0.2) is 37.2 Å². The minimum absolute atomic E-state index is 0.212. The zero-order chi connectivity index (χ0) is 22.8. The van der Waals surface area contributed by atoms with E-state index in [0.717, 1.165) is 0 Å². The average molecular weight is 494 g/mol. The van der Waals surface area contributed by atoms with Crippen LogP contribution in [0.3, 0.4) is 0 Å². The molecule has 1 amide bonds. The molecule has 3 aromatic rings. The molecule has 0 spiro atoms. The smallest absolute Gasteiger partial charge is 0.339 e. The fraction of sp³-hybridized carbons (Fsp3) is 0.0833. The fourth-order valence-electron chi connectivity index (χ4n) is 3.37. The third-order valence-corrected chi connectivity index (χ3v) is 5.63. The lowest BCUT2D eigenvalue weighted by Crippen LogP contribution is -2.23. The maximum atomic E-state index is 12.8. The molecule has 0 atom stereocenters. The van der Waals surface area contributed by atoms with Gasteiger partial charge in [-0.05, 0) is 52.3 Å². The van der Waals surface area contributed by atoms with E-state index in [-0.39, 0.29) is 28.3 Å². The first-order valence-corrected chi connectivity index (χ1v) is 10.3. The number of methoxy groups -OCH3 is 1. The number of carbonyl (C=O) groups excluding carboxylic acids is 4. The molecule has 32 heavy (non-hydrogen) atoms. The SMILES string of the molecule is COc1ccc(Br)c(C(=O)OCC(=O)Nc2ccc3c(c2)C(=O)c2ccccc2C3=O)c1. The van der Waals surface area contributed by atoms with E-state index in [1.807, 2.05) is 0 Å². The lowest BCUT2D eigenvalue weighted by molar-refractivity contribution is -0.119. The van der Waals surface area contributed by atoms with E-state index in [9.17, 15) is 19.2 Å². The summed E-state index contributed by atoms with van der Waals surface area (Å²) in [5.41, 5.74) is 1.70. The first-order valence-electron chi connectivity index (χ1n) is 9.52. The molecule has 3 aromatic carbocycles. The summed E-state index contributed by atoms with van der Waals surface area (Å²) in [7, 11) is 1.47. The minimum Gasteiger partial charge on any atom is -0.497 e. The Hall–Kier alpha value is -3.78. The lowest BCUT2D eigenvalue weighted by atomic mass is 9.84. The highest BCUT2D eigenvalue weighted by atomic mass is 79.9. The number of amides is 1. The molecule has 160 valence electrons. The third-order valence-electron chi connectivity index (χ3n) is 4.94. The number of halogens is 1. The molecule has 1 aliphatic carbocycles. The van der Waals surface area contributed by atoms with E-state index in [4.69, 9.17) is 9.47 Å². The number of benzene rings is 3. The van der Waals surface area contributed by atoms with Crippen molar-refractivity contribution in [1.29, 1.82) is 0 Å². The number of hydrogen-bond donors (Lipinski definition) is 1. The van der Waals surface area contributed by atoms with Crippen molar-refractivity contribution in [2.75, 3.05) is 19.0 Å². The zero-order valence-electron chi connectivity index (χ0n) is 16.8. The van der Waals surface area contributed by atoms with Crippen molar-refractivity contribution in [2.45, 2.75) is 0 Å². The number of ether oxygens (including phenoxy) is 2. The van der Waals surface area contributed by atoms with Gasteiger partial charge in [0.05, 0.1) is 12.7 Å². The Morgan fingerprint density at radius 3 is 2.22 bits per heavy atom. The van der Waals surface area contributed by atoms with Gasteiger partial charge in [0.2, 0.25) is 0 Å². The first-order chi connectivity index (χ1) is 15.4. The summed E-state index contributed by atoms with van der Waals surface area (Å²) in [6.07, 6.45) is 0. The molecular weight excluding hydrogens is 478 g/mol. The molecule has 0 saturated carbocycles. The van der Waals surface area contributed by atoms with Crippen LogP contribution in [0.15, 0.2) is 65.1 Å². The van der Waals surface area contributed by atoms with E-state index in [2.05, 4.69) is 21.2 Å². The number of carbonyl (C=O) groups is 4. The molecule has 4 rings (SSSR count). The van der Waals surface area contributed by atoms with Crippen molar-refractivity contribution >= 4 is 45.1 Å². The van der Waals surface area contributed by atoms with E-state index >= 15 is 0 Å². The molecule has 0 radical (unpaired) electrons. The third kappa shape index (κ3) is 4.04. The van der Waals surface area contributed by atoms with Crippen LogP contribution in [0, 0.1) is 0 Å². The summed E-state index contributed by atoms with van der Waals surface area (Å²) >= 11 is 3.26. The van der Waals surface area contributed by atoms with E-state index in [0.29, 0.717) is 27.0 Å². The van der Waals surface area contributed by atoms with Gasteiger partial charge in [-0.2, -0.15) is 0 Å². The Morgan fingerprint density at radius 1 is 0.875 bits per heavy atom. The summed E-state index contributed by atoms with van der Waals surface area (Å²) in [6, 6.07) is 15.9. The minimum atomic E-state index is -0.700. The molecule has 8 heteroatoms. The van der Waals surface area contributed by atoms with E-state index < -0.39 is 18.5 Å². The predicted molar refractivity (Wildman–Crippen MR) is 119 cm³/mol. The normalized spacial score (nSPS) is 11.9. The monoisotopic (exact) mass is 493 g/mol. The standard InChI is InChI=1S/C24H16BrNO6/c1-31-14-7-9-20(25)19(11-14)24(30)32-12-21(27)26-13-6-8-17-18(10-13)23(29)16-5-3-2-4-15(16)22(17)28/h2-11H,12H2,1H3,(H,26,27). The zero-order valence-corrected chi connectivity index (χ0v) is 18.4. The van der Waals surface area contributed by atoms with Crippen LogP contribution >= 0.6 is 15.9 Å². The second kappa shape index (κ2) is 8.76. The maximum Gasteiger partial charge on any atom is 0.339 e. The van der Waals surface area contributed by atoms with Crippen molar-refractivity contribution < 1.29 is 28.7 Å². The Kier molecular flexibility index (Phi) is 5.87. The topological polar surface area (TPSA) is 98.8 Å². The number of hydrogen-bond acceptors (Lipinski definition) is 6. The van der Waals surface area contributed by atoms with Gasteiger partial charge in [-0.3, -0.25) is 14.4 Å². The number of fused-ring (bicyclic) bond motifs is 2. The molecule has 0 unspecified atom stereocenters. The average Bonchev–Trinajstić information content (AvgIpc) is 2.81. The van der Waals surface area contributed by atoms with Gasteiger partial charge in [-0.15, -0.1) is 0 Å². The molecule has 0 bridgehead atoms. The number of ketones is 2. The molecule has 0 aromatic heterocycles. The summed E-state index contributed by atoms with van der Waals surface area (Å²) < 4.78 is 10.7. The largest absolute Gasteiger partial charge is 0.497 e. The molecule has 0 fully saturated rings. The van der Waals surface area contributed by atoms with Crippen LogP contribution in [-0.2, 0) is 9.53 Å². The van der Waals surface area contributed by atoms with Crippen LogP contribution in [0.5, 0.6) is 5.75 Å². The van der Waals surface area contributed by atoms with Crippen molar-refractivity contribution in [2.24, 2.45) is 0 Å². The van der Waals surface area contributed by atoms with E-state index in [1.54, 1.807) is 36.4 Å². The lowest BCUT2D eigenvalue weighted by Gasteiger charge is -2.18. The summed E-state index contributed by atoms with van der Waals surface area (Å²) in [5.74, 6) is -1.35. The van der Waals surface area contributed by atoms with Crippen molar-refractivity contribution in [3.05, 3.63) is 93.0 Å². The highest BCUT2D eigenvalue weighted by Gasteiger charge is 2.29. The van der Waals surface area contributed by atoms with Gasteiger partial charge in [0.15, 0.2) is 18.2 Å². The number of rotatable bonds is 5. The van der Waals surface area contributed by atoms with Gasteiger partial charge in [0.1, 0.15) is 5.75 Å². The fourth-order valence-corrected chi connectivity index (χ4v) is 3.78. The Balaban J connectivity index is 1.45. The summed E-state index contributed by atoms with van der Waals surface area (Å²) in [5, 5.41) is 2.58. The van der Waals surface area contributed by atoms with Crippen LogP contribution < -0.4 is 10.1 Å². The molecule has 1 N–H and O–H groups in total. The van der Waals surface area contributed by atoms with Crippen LogP contribution in [0.2, 0.25) is 0 Å². The second-order valence-electron chi connectivity index (χ2n) is 6.93. The van der Waals surface area contributed by atoms with Crippen LogP contribution in [0.1, 0.15) is 42.2 Å². The van der Waals surface area contributed by atoms with Gasteiger partial charge in [-0.25, -0.2) is 4.79 Å². The van der Waals surface area contributed by atoms with Gasteiger partial charge in [-0.1, -0.05) is 24.3 Å². The number of nitrogens with one attached hydrogen (secondary N) is 1. The van der Waals surface area contributed by atoms with Gasteiger partial charge in [0.25, 0.3) is 5.91 Å². The Labute approximate surface area is 191 Å². The molecule has 1 aliphatic rings. The van der Waals surface area contributed by atoms with Crippen LogP contribution in [0.25, 0.3) is 0 Å². The Morgan fingerprint density at radius 2 is 1.53 bits per heavy atom. The molecular formula is C24H16BrNO6. The van der Waals surface area contributed by atoms with Gasteiger partial charge >= 0.3 is 5.97 Å². The molecule has 0 aliphatic heterocycles. The first kappa shape index (κ1) is 21.5. The van der Waals surface area contributed by atoms with Crippen LogP contribution in [0.4, 0.5) is 5.69 Å². The van der Waals surface area contributed by atoms with E-state index in [1.165, 1.54) is 31.4 Å². The van der Waals surface area contributed by atoms with Gasteiger partial charge in [0, 0.05) is 32.4 Å². The van der Waals surface area contributed by atoms with Crippen molar-refractivity contribution in [3.63, 3.8) is 0 Å². The van der Waals surface area contributed by atoms with Crippen molar-refractivity contribution in [1.82, 2.24) is 0 Å². The number of anilines is 1.